The summed E-state index contributed by atoms with van der Waals surface area (Å²) in [6, 6.07) is -0.596. The summed E-state index contributed by atoms with van der Waals surface area (Å²) in [7, 11) is 0. The summed E-state index contributed by atoms with van der Waals surface area (Å²) in [6.07, 6.45) is 2.90. The van der Waals surface area contributed by atoms with E-state index in [4.69, 9.17) is 5.11 Å². The molecule has 0 bridgehead atoms. The van der Waals surface area contributed by atoms with E-state index in [9.17, 15) is 9.59 Å². The lowest BCUT2D eigenvalue weighted by Crippen LogP contribution is -2.53. The fraction of sp³-hybridized carbons (Fsp3) is 0.818. The predicted molar refractivity (Wildman–Crippen MR) is 54.3 cm³/mol. The van der Waals surface area contributed by atoms with E-state index in [0.29, 0.717) is 18.9 Å². The summed E-state index contributed by atoms with van der Waals surface area (Å²) in [5.41, 5.74) is 0.231. The number of carbonyl (C=O) groups excluding carboxylic acids is 1. The van der Waals surface area contributed by atoms with Crippen LogP contribution in [0.1, 0.15) is 33.1 Å². The van der Waals surface area contributed by atoms with Crippen LogP contribution in [0, 0.1) is 11.3 Å². The van der Waals surface area contributed by atoms with Crippen molar-refractivity contribution in [1.82, 2.24) is 4.90 Å². The van der Waals surface area contributed by atoms with E-state index in [0.717, 1.165) is 12.8 Å². The second kappa shape index (κ2) is 3.22. The number of likely N-dealkylation sites (tertiary alicyclic amines) is 1. The Morgan fingerprint density at radius 3 is 2.40 bits per heavy atom. The van der Waals surface area contributed by atoms with Gasteiger partial charge in [0, 0.05) is 13.5 Å². The van der Waals surface area contributed by atoms with E-state index in [1.807, 2.05) is 0 Å². The molecule has 1 amide bonds. The molecule has 2 fully saturated rings. The van der Waals surface area contributed by atoms with Gasteiger partial charge in [0.1, 0.15) is 6.04 Å². The highest BCUT2D eigenvalue weighted by Gasteiger charge is 2.54. The lowest BCUT2D eigenvalue weighted by atomic mass is 9.80. The third-order valence-electron chi connectivity index (χ3n) is 4.07. The number of amides is 1. The number of carboxylic acid groups (broad SMARTS) is 1. The minimum absolute atomic E-state index is 0.121. The third-order valence-corrected chi connectivity index (χ3v) is 4.07. The van der Waals surface area contributed by atoms with Gasteiger partial charge in [-0.15, -0.1) is 0 Å². The number of rotatable bonds is 1. The molecule has 2 rings (SSSR count). The molecule has 1 aliphatic heterocycles. The van der Waals surface area contributed by atoms with Crippen molar-refractivity contribution in [3.63, 3.8) is 0 Å². The van der Waals surface area contributed by atoms with Crippen LogP contribution in [0.4, 0.5) is 0 Å². The Kier molecular flexibility index (Phi) is 2.24. The van der Waals surface area contributed by atoms with Crippen molar-refractivity contribution in [3.05, 3.63) is 0 Å². The van der Waals surface area contributed by atoms with Crippen molar-refractivity contribution in [2.45, 2.75) is 39.2 Å². The molecule has 0 radical (unpaired) electrons. The Hall–Kier alpha value is -1.06. The Morgan fingerprint density at radius 1 is 1.40 bits per heavy atom. The molecular formula is C11H17NO3. The first kappa shape index (κ1) is 10.5. The normalized spacial score (nSPS) is 32.8. The number of piperidine rings is 1. The number of carbonyl (C=O) groups is 2. The second-order valence-corrected chi connectivity index (χ2v) is 4.99. The van der Waals surface area contributed by atoms with Crippen molar-refractivity contribution < 1.29 is 14.7 Å². The van der Waals surface area contributed by atoms with Gasteiger partial charge in [0.15, 0.2) is 0 Å². The van der Waals surface area contributed by atoms with Crippen molar-refractivity contribution in [2.24, 2.45) is 11.3 Å². The Labute approximate surface area is 89.3 Å². The molecule has 4 nitrogen and oxygen atoms in total. The van der Waals surface area contributed by atoms with Gasteiger partial charge >= 0.3 is 5.97 Å². The van der Waals surface area contributed by atoms with Crippen molar-refractivity contribution in [2.75, 3.05) is 6.54 Å². The summed E-state index contributed by atoms with van der Waals surface area (Å²) < 4.78 is 0. The Morgan fingerprint density at radius 2 is 2.00 bits per heavy atom. The first-order valence-electron chi connectivity index (χ1n) is 5.46. The lowest BCUT2D eigenvalue weighted by molar-refractivity contribution is -0.154. The smallest absolute Gasteiger partial charge is 0.326 e. The first-order chi connectivity index (χ1) is 6.96. The fourth-order valence-corrected chi connectivity index (χ4v) is 2.74. The highest BCUT2D eigenvalue weighted by Crippen LogP contribution is 2.58. The number of hydrogen-bond donors (Lipinski definition) is 1. The van der Waals surface area contributed by atoms with Gasteiger partial charge in [0.25, 0.3) is 0 Å². The quantitative estimate of drug-likeness (QED) is 0.706. The summed E-state index contributed by atoms with van der Waals surface area (Å²) >= 11 is 0. The summed E-state index contributed by atoms with van der Waals surface area (Å²) in [6.45, 7) is 4.18. The van der Waals surface area contributed by atoms with Crippen LogP contribution in [0.2, 0.25) is 0 Å². The number of carboxylic acids is 1. The maximum atomic E-state index is 11.4. The average Bonchev–Trinajstić information content (AvgIpc) is 2.90. The molecule has 1 saturated heterocycles. The topological polar surface area (TPSA) is 57.6 Å². The molecule has 1 spiro atoms. The standard InChI is InChI=1S/C11H17NO3/c1-7-6-12(8(2)13)9(10(14)15)5-11(7)3-4-11/h7,9H,3-6H2,1-2H3,(H,14,15)/t7-,9-/m0/s1. The molecule has 1 saturated carbocycles. The highest BCUT2D eigenvalue weighted by atomic mass is 16.4. The van der Waals surface area contributed by atoms with Crippen LogP contribution in [-0.4, -0.2) is 34.5 Å². The number of nitrogens with zero attached hydrogens (tertiary/aromatic N) is 1. The van der Waals surface area contributed by atoms with Gasteiger partial charge in [-0.25, -0.2) is 4.79 Å². The summed E-state index contributed by atoms with van der Waals surface area (Å²) in [5.74, 6) is -0.537. The van der Waals surface area contributed by atoms with Crippen LogP contribution in [0.3, 0.4) is 0 Å². The Bertz CT molecular complexity index is 309. The van der Waals surface area contributed by atoms with Gasteiger partial charge in [0.2, 0.25) is 5.91 Å². The van der Waals surface area contributed by atoms with Crippen LogP contribution in [0.25, 0.3) is 0 Å². The molecule has 84 valence electrons. The molecule has 4 heteroatoms. The summed E-state index contributed by atoms with van der Waals surface area (Å²) in [4.78, 5) is 24.0. The van der Waals surface area contributed by atoms with E-state index < -0.39 is 12.0 Å². The van der Waals surface area contributed by atoms with Crippen LogP contribution in [0.5, 0.6) is 0 Å². The zero-order chi connectivity index (χ0) is 11.2. The number of aliphatic carboxylic acids is 1. The minimum atomic E-state index is -0.858. The van der Waals surface area contributed by atoms with Crippen LogP contribution in [0.15, 0.2) is 0 Å². The Balaban J connectivity index is 2.18. The zero-order valence-electron chi connectivity index (χ0n) is 9.19. The SMILES string of the molecule is CC(=O)N1C[C@H](C)C2(CC2)C[C@H]1C(=O)O. The molecule has 0 aromatic carbocycles. The molecule has 2 atom stereocenters. The molecule has 1 heterocycles. The first-order valence-corrected chi connectivity index (χ1v) is 5.46. The van der Waals surface area contributed by atoms with Gasteiger partial charge in [-0.1, -0.05) is 6.92 Å². The van der Waals surface area contributed by atoms with Gasteiger partial charge in [-0.3, -0.25) is 4.79 Å². The van der Waals surface area contributed by atoms with Gasteiger partial charge in [-0.2, -0.15) is 0 Å². The third kappa shape index (κ3) is 1.62. The molecule has 2 aliphatic rings. The summed E-state index contributed by atoms with van der Waals surface area (Å²) in [5, 5.41) is 9.11. The minimum Gasteiger partial charge on any atom is -0.480 e. The largest absolute Gasteiger partial charge is 0.480 e. The molecule has 1 N–H and O–H groups in total. The van der Waals surface area contributed by atoms with Crippen LogP contribution < -0.4 is 0 Å². The highest BCUT2D eigenvalue weighted by molar-refractivity contribution is 5.82. The van der Waals surface area contributed by atoms with E-state index in [-0.39, 0.29) is 11.3 Å². The molecule has 0 aromatic heterocycles. The van der Waals surface area contributed by atoms with E-state index in [2.05, 4.69) is 6.92 Å². The van der Waals surface area contributed by atoms with Crippen LogP contribution >= 0.6 is 0 Å². The molecular weight excluding hydrogens is 194 g/mol. The van der Waals surface area contributed by atoms with Crippen molar-refractivity contribution in [3.8, 4) is 0 Å². The van der Waals surface area contributed by atoms with Crippen LogP contribution in [-0.2, 0) is 9.59 Å². The molecule has 0 aromatic rings. The molecule has 0 unspecified atom stereocenters. The molecule has 1 aliphatic carbocycles. The maximum Gasteiger partial charge on any atom is 0.326 e. The monoisotopic (exact) mass is 211 g/mol. The zero-order valence-corrected chi connectivity index (χ0v) is 9.19. The van der Waals surface area contributed by atoms with Crippen molar-refractivity contribution in [1.29, 1.82) is 0 Å². The number of hydrogen-bond acceptors (Lipinski definition) is 2. The van der Waals surface area contributed by atoms with Crippen molar-refractivity contribution >= 4 is 11.9 Å². The predicted octanol–water partition coefficient (Wildman–Crippen LogP) is 1.11. The second-order valence-electron chi connectivity index (χ2n) is 4.99. The van der Waals surface area contributed by atoms with E-state index in [1.165, 1.54) is 11.8 Å². The van der Waals surface area contributed by atoms with Gasteiger partial charge in [0.05, 0.1) is 0 Å². The van der Waals surface area contributed by atoms with Gasteiger partial charge in [-0.05, 0) is 30.6 Å². The maximum absolute atomic E-state index is 11.4. The van der Waals surface area contributed by atoms with E-state index >= 15 is 0 Å². The average molecular weight is 211 g/mol. The fourth-order valence-electron chi connectivity index (χ4n) is 2.74. The molecule has 15 heavy (non-hydrogen) atoms. The van der Waals surface area contributed by atoms with E-state index in [1.54, 1.807) is 0 Å². The lowest BCUT2D eigenvalue weighted by Gasteiger charge is -2.41. The van der Waals surface area contributed by atoms with Gasteiger partial charge < -0.3 is 10.0 Å².